The Balaban J connectivity index is 3.16. The van der Waals surface area contributed by atoms with E-state index in [2.05, 4.69) is 15.9 Å². The lowest BCUT2D eigenvalue weighted by Crippen LogP contribution is -2.20. The van der Waals surface area contributed by atoms with Crippen LogP contribution in [0, 0.1) is 11.6 Å². The molecule has 0 bridgehead atoms. The third-order valence-electron chi connectivity index (χ3n) is 1.99. The van der Waals surface area contributed by atoms with E-state index in [1.165, 1.54) is 12.1 Å². The molecule has 0 aliphatic heterocycles. The fraction of sp³-hybridized carbons (Fsp3) is 0.400. The molecule has 13 heavy (non-hydrogen) atoms. The first-order valence-corrected chi connectivity index (χ1v) is 5.11. The Morgan fingerprint density at radius 1 is 1.31 bits per heavy atom. The van der Waals surface area contributed by atoms with Gasteiger partial charge in [-0.1, -0.05) is 35.8 Å². The van der Waals surface area contributed by atoms with Gasteiger partial charge in [0.15, 0.2) is 0 Å². The molecule has 0 aliphatic carbocycles. The second kappa shape index (κ2) is 3.74. The number of hydrogen-bond acceptors (Lipinski definition) is 0. The molecule has 1 aromatic carbocycles. The zero-order valence-corrected chi connectivity index (χ0v) is 9.16. The molecule has 0 N–H and O–H groups in total. The van der Waals surface area contributed by atoms with Crippen molar-refractivity contribution in [1.29, 1.82) is 0 Å². The Labute approximate surface area is 85.1 Å². The van der Waals surface area contributed by atoms with E-state index in [1.807, 2.05) is 13.8 Å². The van der Waals surface area contributed by atoms with Gasteiger partial charge in [0.1, 0.15) is 11.6 Å². The van der Waals surface area contributed by atoms with Crippen molar-refractivity contribution in [2.75, 3.05) is 5.33 Å². The van der Waals surface area contributed by atoms with Crippen LogP contribution < -0.4 is 0 Å². The molecule has 0 nitrogen and oxygen atoms in total. The van der Waals surface area contributed by atoms with Gasteiger partial charge in [-0.25, -0.2) is 8.78 Å². The van der Waals surface area contributed by atoms with Crippen LogP contribution in [0.25, 0.3) is 0 Å². The van der Waals surface area contributed by atoms with Gasteiger partial charge in [-0.15, -0.1) is 0 Å². The highest BCUT2D eigenvalue weighted by molar-refractivity contribution is 9.09. The quantitative estimate of drug-likeness (QED) is 0.702. The predicted molar refractivity (Wildman–Crippen MR) is 53.2 cm³/mol. The standard InChI is InChI=1S/C10H11BrF2/c1-10(2,6-11)8-4-3-7(12)5-9(8)13/h3-5H,6H2,1-2H3. The minimum absolute atomic E-state index is 0.308. The van der Waals surface area contributed by atoms with Crippen LogP contribution >= 0.6 is 15.9 Å². The highest BCUT2D eigenvalue weighted by atomic mass is 79.9. The molecule has 0 unspecified atom stereocenters. The van der Waals surface area contributed by atoms with Gasteiger partial charge in [0.25, 0.3) is 0 Å². The van der Waals surface area contributed by atoms with Crippen LogP contribution in [-0.4, -0.2) is 5.33 Å². The normalized spacial score (nSPS) is 11.8. The van der Waals surface area contributed by atoms with Gasteiger partial charge in [0.05, 0.1) is 0 Å². The van der Waals surface area contributed by atoms with E-state index in [-0.39, 0.29) is 5.41 Å². The maximum absolute atomic E-state index is 13.3. The SMILES string of the molecule is CC(C)(CBr)c1ccc(F)cc1F. The Morgan fingerprint density at radius 3 is 2.38 bits per heavy atom. The Kier molecular flexibility index (Phi) is 3.06. The highest BCUT2D eigenvalue weighted by Crippen LogP contribution is 2.27. The molecule has 3 heteroatoms. The van der Waals surface area contributed by atoms with Crippen LogP contribution in [0.2, 0.25) is 0 Å². The highest BCUT2D eigenvalue weighted by Gasteiger charge is 2.22. The van der Waals surface area contributed by atoms with E-state index in [0.29, 0.717) is 10.9 Å². The topological polar surface area (TPSA) is 0 Å². The van der Waals surface area contributed by atoms with Gasteiger partial charge in [-0.2, -0.15) is 0 Å². The molecule has 0 atom stereocenters. The summed E-state index contributed by atoms with van der Waals surface area (Å²) in [4.78, 5) is 0. The fourth-order valence-electron chi connectivity index (χ4n) is 1.11. The van der Waals surface area contributed by atoms with Crippen molar-refractivity contribution in [3.63, 3.8) is 0 Å². The minimum Gasteiger partial charge on any atom is -0.207 e. The number of halogens is 3. The lowest BCUT2D eigenvalue weighted by molar-refractivity contribution is 0.518. The van der Waals surface area contributed by atoms with Gasteiger partial charge in [-0.3, -0.25) is 0 Å². The third kappa shape index (κ3) is 2.27. The monoisotopic (exact) mass is 248 g/mol. The van der Waals surface area contributed by atoms with Crippen molar-refractivity contribution in [3.05, 3.63) is 35.4 Å². The maximum Gasteiger partial charge on any atom is 0.129 e. The average Bonchev–Trinajstić information content (AvgIpc) is 2.03. The summed E-state index contributed by atoms with van der Waals surface area (Å²) in [5.74, 6) is -1.02. The Morgan fingerprint density at radius 2 is 1.92 bits per heavy atom. The molecule has 0 radical (unpaired) electrons. The second-order valence-electron chi connectivity index (χ2n) is 3.64. The van der Waals surface area contributed by atoms with Gasteiger partial charge >= 0.3 is 0 Å². The van der Waals surface area contributed by atoms with Gasteiger partial charge < -0.3 is 0 Å². The van der Waals surface area contributed by atoms with Crippen LogP contribution in [0.4, 0.5) is 8.78 Å². The molecular formula is C10H11BrF2. The van der Waals surface area contributed by atoms with Crippen LogP contribution in [0.3, 0.4) is 0 Å². The molecule has 1 aromatic rings. The van der Waals surface area contributed by atoms with Crippen LogP contribution in [0.15, 0.2) is 18.2 Å². The molecule has 0 fully saturated rings. The van der Waals surface area contributed by atoms with Crippen molar-refractivity contribution in [1.82, 2.24) is 0 Å². The lowest BCUT2D eigenvalue weighted by atomic mass is 9.86. The largest absolute Gasteiger partial charge is 0.207 e. The molecular weight excluding hydrogens is 238 g/mol. The van der Waals surface area contributed by atoms with E-state index in [4.69, 9.17) is 0 Å². The molecule has 0 aromatic heterocycles. The predicted octanol–water partition coefficient (Wildman–Crippen LogP) is 3.64. The van der Waals surface area contributed by atoms with Crippen LogP contribution in [-0.2, 0) is 5.41 Å². The maximum atomic E-state index is 13.3. The number of hydrogen-bond donors (Lipinski definition) is 0. The smallest absolute Gasteiger partial charge is 0.129 e. The molecule has 0 amide bonds. The summed E-state index contributed by atoms with van der Waals surface area (Å²) in [5, 5.41) is 0.641. The molecule has 0 spiro atoms. The zero-order valence-electron chi connectivity index (χ0n) is 7.57. The van der Waals surface area contributed by atoms with E-state index in [1.54, 1.807) is 0 Å². The first-order valence-electron chi connectivity index (χ1n) is 3.99. The summed E-state index contributed by atoms with van der Waals surface area (Å²) in [7, 11) is 0. The molecule has 0 heterocycles. The van der Waals surface area contributed by atoms with Crippen molar-refractivity contribution >= 4 is 15.9 Å². The van der Waals surface area contributed by atoms with E-state index in [0.717, 1.165) is 6.07 Å². The number of benzene rings is 1. The molecule has 0 saturated heterocycles. The lowest BCUT2D eigenvalue weighted by Gasteiger charge is -2.22. The molecule has 1 rings (SSSR count). The fourth-order valence-corrected chi connectivity index (χ4v) is 1.41. The summed E-state index contributed by atoms with van der Waals surface area (Å²) in [5.41, 5.74) is 0.225. The summed E-state index contributed by atoms with van der Waals surface area (Å²) in [6, 6.07) is 3.69. The number of rotatable bonds is 2. The van der Waals surface area contributed by atoms with Crippen molar-refractivity contribution in [2.24, 2.45) is 0 Å². The third-order valence-corrected chi connectivity index (χ3v) is 3.40. The summed E-state index contributed by atoms with van der Waals surface area (Å²) in [6.07, 6.45) is 0. The van der Waals surface area contributed by atoms with Crippen molar-refractivity contribution < 1.29 is 8.78 Å². The van der Waals surface area contributed by atoms with Crippen molar-refractivity contribution in [2.45, 2.75) is 19.3 Å². The van der Waals surface area contributed by atoms with Gasteiger partial charge in [-0.05, 0) is 11.6 Å². The zero-order chi connectivity index (χ0) is 10.1. The molecule has 72 valence electrons. The van der Waals surface area contributed by atoms with Gasteiger partial charge in [0, 0.05) is 16.8 Å². The van der Waals surface area contributed by atoms with Crippen LogP contribution in [0.5, 0.6) is 0 Å². The van der Waals surface area contributed by atoms with E-state index in [9.17, 15) is 8.78 Å². The van der Waals surface area contributed by atoms with Gasteiger partial charge in [0.2, 0.25) is 0 Å². The van der Waals surface area contributed by atoms with E-state index < -0.39 is 11.6 Å². The van der Waals surface area contributed by atoms with Crippen LogP contribution in [0.1, 0.15) is 19.4 Å². The minimum atomic E-state index is -0.536. The number of alkyl halides is 1. The second-order valence-corrected chi connectivity index (χ2v) is 4.20. The average molecular weight is 249 g/mol. The van der Waals surface area contributed by atoms with E-state index >= 15 is 0 Å². The molecule has 0 aliphatic rings. The van der Waals surface area contributed by atoms with Crippen molar-refractivity contribution in [3.8, 4) is 0 Å². The first-order chi connectivity index (χ1) is 5.97. The Hall–Kier alpha value is -0.440. The summed E-state index contributed by atoms with van der Waals surface area (Å²) in [6.45, 7) is 3.80. The molecule has 0 saturated carbocycles. The summed E-state index contributed by atoms with van der Waals surface area (Å²) < 4.78 is 25.9. The Bertz CT molecular complexity index is 308. The first kappa shape index (κ1) is 10.6. The summed E-state index contributed by atoms with van der Waals surface area (Å²) >= 11 is 3.30.